The molecule has 0 aromatic heterocycles. The van der Waals surface area contributed by atoms with Gasteiger partial charge in [0, 0.05) is 11.1 Å². The summed E-state index contributed by atoms with van der Waals surface area (Å²) in [5, 5.41) is 0.244. The van der Waals surface area contributed by atoms with Crippen LogP contribution < -0.4 is 15.6 Å². The van der Waals surface area contributed by atoms with Crippen LogP contribution >= 0.6 is 11.6 Å². The van der Waals surface area contributed by atoms with Crippen LogP contribution in [0.15, 0.2) is 83.8 Å². The van der Waals surface area contributed by atoms with Gasteiger partial charge >= 0.3 is 0 Å². The third-order valence-electron chi connectivity index (χ3n) is 3.85. The zero-order chi connectivity index (χ0) is 20.9. The molecule has 0 aliphatic carbocycles. The molecule has 9 heteroatoms. The topological polar surface area (TPSA) is 104 Å². The van der Waals surface area contributed by atoms with Gasteiger partial charge in [-0.3, -0.25) is 25.2 Å². The van der Waals surface area contributed by atoms with Crippen LogP contribution in [-0.4, -0.2) is 20.2 Å². The van der Waals surface area contributed by atoms with Crippen LogP contribution in [-0.2, 0) is 10.0 Å². The van der Waals surface area contributed by atoms with Crippen LogP contribution in [0.1, 0.15) is 20.7 Å². The van der Waals surface area contributed by atoms with E-state index < -0.39 is 21.8 Å². The average molecular weight is 430 g/mol. The molecule has 0 saturated heterocycles. The fourth-order valence-electron chi connectivity index (χ4n) is 2.40. The van der Waals surface area contributed by atoms with E-state index in [2.05, 4.69) is 15.6 Å². The highest BCUT2D eigenvalue weighted by Crippen LogP contribution is 2.24. The molecular weight excluding hydrogens is 414 g/mol. The summed E-state index contributed by atoms with van der Waals surface area (Å²) in [7, 11) is -3.97. The van der Waals surface area contributed by atoms with Crippen molar-refractivity contribution in [1.29, 1.82) is 0 Å². The Morgan fingerprint density at radius 2 is 1.31 bits per heavy atom. The van der Waals surface area contributed by atoms with E-state index >= 15 is 0 Å². The fraction of sp³-hybridized carbons (Fsp3) is 0. The smallest absolute Gasteiger partial charge is 0.269 e. The van der Waals surface area contributed by atoms with Crippen molar-refractivity contribution in [2.75, 3.05) is 4.72 Å². The summed E-state index contributed by atoms with van der Waals surface area (Å²) >= 11 is 5.99. The van der Waals surface area contributed by atoms with Gasteiger partial charge in [-0.1, -0.05) is 48.0 Å². The monoisotopic (exact) mass is 429 g/mol. The molecule has 0 aliphatic heterocycles. The number of carbonyl (C=O) groups is 2. The minimum Gasteiger partial charge on any atom is -0.278 e. The molecular formula is C20H16ClN3O4S. The Balaban J connectivity index is 1.72. The van der Waals surface area contributed by atoms with Crippen molar-refractivity contribution < 1.29 is 18.0 Å². The summed E-state index contributed by atoms with van der Waals surface area (Å²) in [4.78, 5) is 24.2. The number of hydrogen-bond donors (Lipinski definition) is 3. The van der Waals surface area contributed by atoms with Gasteiger partial charge in [0.2, 0.25) is 0 Å². The highest BCUT2D eigenvalue weighted by molar-refractivity contribution is 7.92. The predicted octanol–water partition coefficient (Wildman–Crippen LogP) is 3.22. The second-order valence-electron chi connectivity index (χ2n) is 5.89. The van der Waals surface area contributed by atoms with E-state index in [1.807, 2.05) is 0 Å². The summed E-state index contributed by atoms with van der Waals surface area (Å²) in [6.45, 7) is 0. The molecule has 0 aliphatic rings. The van der Waals surface area contributed by atoms with E-state index in [0.717, 1.165) is 0 Å². The molecule has 0 spiro atoms. The lowest BCUT2D eigenvalue weighted by atomic mass is 10.2. The van der Waals surface area contributed by atoms with Crippen LogP contribution in [0.2, 0.25) is 5.02 Å². The van der Waals surface area contributed by atoms with Crippen molar-refractivity contribution in [2.45, 2.75) is 4.90 Å². The van der Waals surface area contributed by atoms with Gasteiger partial charge in [-0.25, -0.2) is 8.42 Å². The minimum atomic E-state index is -3.97. The van der Waals surface area contributed by atoms with Crippen LogP contribution in [0.25, 0.3) is 0 Å². The van der Waals surface area contributed by atoms with Gasteiger partial charge in [-0.15, -0.1) is 0 Å². The number of nitrogens with one attached hydrogen (secondary N) is 3. The number of para-hydroxylation sites is 1. The molecule has 0 fully saturated rings. The van der Waals surface area contributed by atoms with Crippen molar-refractivity contribution in [1.82, 2.24) is 10.9 Å². The van der Waals surface area contributed by atoms with Crippen LogP contribution in [0.3, 0.4) is 0 Å². The molecule has 0 unspecified atom stereocenters. The molecule has 2 amide bonds. The lowest BCUT2D eigenvalue weighted by molar-refractivity contribution is 0.0846. The largest absolute Gasteiger partial charge is 0.278 e. The van der Waals surface area contributed by atoms with E-state index in [-0.39, 0.29) is 21.2 Å². The molecule has 0 radical (unpaired) electrons. The maximum absolute atomic E-state index is 12.6. The van der Waals surface area contributed by atoms with E-state index in [4.69, 9.17) is 11.6 Å². The molecule has 0 heterocycles. The molecule has 29 heavy (non-hydrogen) atoms. The first kappa shape index (κ1) is 20.4. The number of halogens is 1. The first-order chi connectivity index (χ1) is 13.9. The lowest BCUT2D eigenvalue weighted by Gasteiger charge is -2.11. The normalized spacial score (nSPS) is 10.8. The van der Waals surface area contributed by atoms with Gasteiger partial charge < -0.3 is 0 Å². The Hall–Kier alpha value is -3.36. The SMILES string of the molecule is O=C(NNC(=O)c1cccc(S(=O)(=O)Nc2ccccc2Cl)c1)c1ccccc1. The van der Waals surface area contributed by atoms with Crippen molar-refractivity contribution in [2.24, 2.45) is 0 Å². The third kappa shape index (κ3) is 5.13. The van der Waals surface area contributed by atoms with E-state index in [9.17, 15) is 18.0 Å². The molecule has 148 valence electrons. The van der Waals surface area contributed by atoms with Gasteiger partial charge in [0.1, 0.15) is 0 Å². The molecule has 3 aromatic carbocycles. The summed E-state index contributed by atoms with van der Waals surface area (Å²) in [5.74, 6) is -1.16. The van der Waals surface area contributed by atoms with Gasteiger partial charge in [0.15, 0.2) is 0 Å². The zero-order valence-electron chi connectivity index (χ0n) is 14.9. The summed E-state index contributed by atoms with van der Waals surface area (Å²) < 4.78 is 27.6. The number of amides is 2. The van der Waals surface area contributed by atoms with E-state index in [0.29, 0.717) is 5.56 Å². The second-order valence-corrected chi connectivity index (χ2v) is 7.98. The zero-order valence-corrected chi connectivity index (χ0v) is 16.5. The van der Waals surface area contributed by atoms with Gasteiger partial charge in [0.25, 0.3) is 21.8 Å². The minimum absolute atomic E-state index is 0.0559. The number of rotatable bonds is 5. The van der Waals surface area contributed by atoms with Crippen LogP contribution in [0.5, 0.6) is 0 Å². The summed E-state index contributed by atoms with van der Waals surface area (Å²) in [5.41, 5.74) is 5.19. The average Bonchev–Trinajstić information content (AvgIpc) is 2.74. The quantitative estimate of drug-likeness (QED) is 0.541. The molecule has 0 bridgehead atoms. The molecule has 0 saturated carbocycles. The fourth-order valence-corrected chi connectivity index (χ4v) is 3.76. The molecule has 3 N–H and O–H groups in total. The number of hydrogen-bond acceptors (Lipinski definition) is 4. The first-order valence-electron chi connectivity index (χ1n) is 8.40. The maximum Gasteiger partial charge on any atom is 0.269 e. The first-order valence-corrected chi connectivity index (χ1v) is 10.3. The van der Waals surface area contributed by atoms with Gasteiger partial charge in [-0.2, -0.15) is 0 Å². The Morgan fingerprint density at radius 3 is 2.00 bits per heavy atom. The van der Waals surface area contributed by atoms with Crippen molar-refractivity contribution >= 4 is 39.1 Å². The lowest BCUT2D eigenvalue weighted by Crippen LogP contribution is -2.41. The third-order valence-corrected chi connectivity index (χ3v) is 5.54. The van der Waals surface area contributed by atoms with Crippen molar-refractivity contribution in [3.05, 3.63) is 95.0 Å². The number of benzene rings is 3. The van der Waals surface area contributed by atoms with Crippen molar-refractivity contribution in [3.8, 4) is 0 Å². The molecule has 7 nitrogen and oxygen atoms in total. The van der Waals surface area contributed by atoms with Gasteiger partial charge in [0.05, 0.1) is 15.6 Å². The number of hydrazine groups is 1. The molecule has 3 aromatic rings. The van der Waals surface area contributed by atoms with E-state index in [1.54, 1.807) is 48.5 Å². The second kappa shape index (κ2) is 8.76. The summed E-state index contributed by atoms with van der Waals surface area (Å²) in [6.07, 6.45) is 0. The van der Waals surface area contributed by atoms with Crippen LogP contribution in [0, 0.1) is 0 Å². The highest BCUT2D eigenvalue weighted by Gasteiger charge is 2.18. The standard InChI is InChI=1S/C20H16ClN3O4S/c21-17-11-4-5-12-18(17)24-29(27,28)16-10-6-9-15(13-16)20(26)23-22-19(25)14-7-2-1-3-8-14/h1-13,24H,(H,22,25)(H,23,26). The molecule has 3 rings (SSSR count). The Bertz CT molecular complexity index is 1150. The van der Waals surface area contributed by atoms with Crippen LogP contribution in [0.4, 0.5) is 5.69 Å². The van der Waals surface area contributed by atoms with E-state index in [1.165, 1.54) is 30.3 Å². The number of sulfonamides is 1. The highest BCUT2D eigenvalue weighted by atomic mass is 35.5. The van der Waals surface area contributed by atoms with Crippen molar-refractivity contribution in [3.63, 3.8) is 0 Å². The Kier molecular flexibility index (Phi) is 6.16. The van der Waals surface area contributed by atoms with Gasteiger partial charge in [-0.05, 0) is 42.5 Å². The summed E-state index contributed by atoms with van der Waals surface area (Å²) in [6, 6.07) is 20.1. The number of anilines is 1. The predicted molar refractivity (Wildman–Crippen MR) is 110 cm³/mol. The number of carbonyl (C=O) groups excluding carboxylic acids is 2. The maximum atomic E-state index is 12.6. The molecule has 0 atom stereocenters. The Labute approximate surface area is 172 Å². The Morgan fingerprint density at radius 1 is 0.724 bits per heavy atom.